The van der Waals surface area contributed by atoms with E-state index in [2.05, 4.69) is 20.9 Å². The number of carbonyl (C=O) groups excluding carboxylic acids is 3. The second-order valence-corrected chi connectivity index (χ2v) is 12.0. The second-order valence-electron chi connectivity index (χ2n) is 9.51. The summed E-state index contributed by atoms with van der Waals surface area (Å²) in [5.41, 5.74) is 3.79. The third-order valence-corrected chi connectivity index (χ3v) is 8.26. The average molecular weight is 593 g/mol. The zero-order valence-corrected chi connectivity index (χ0v) is 24.6. The number of aromatic nitrogens is 1. The number of thioether (sulfide) groups is 1. The minimum absolute atomic E-state index is 0.106. The van der Waals surface area contributed by atoms with Crippen molar-refractivity contribution in [3.8, 4) is 0 Å². The van der Waals surface area contributed by atoms with Crippen LogP contribution in [0.4, 0.5) is 10.8 Å². The van der Waals surface area contributed by atoms with Gasteiger partial charge in [0.2, 0.25) is 5.91 Å². The van der Waals surface area contributed by atoms with E-state index in [1.54, 1.807) is 42.5 Å². The molecule has 4 aromatic carbocycles. The molecule has 1 unspecified atom stereocenters. The first-order chi connectivity index (χ1) is 20.3. The van der Waals surface area contributed by atoms with E-state index >= 15 is 0 Å². The van der Waals surface area contributed by atoms with Crippen molar-refractivity contribution < 1.29 is 14.4 Å². The van der Waals surface area contributed by atoms with Crippen LogP contribution in [0.2, 0.25) is 0 Å². The van der Waals surface area contributed by atoms with E-state index < -0.39 is 11.2 Å². The summed E-state index contributed by atoms with van der Waals surface area (Å²) in [7, 11) is 0. The average Bonchev–Trinajstić information content (AvgIpc) is 3.41. The number of benzene rings is 4. The first-order valence-electron chi connectivity index (χ1n) is 13.2. The molecule has 0 saturated carbocycles. The lowest BCUT2D eigenvalue weighted by atomic mass is 10.1. The zero-order valence-electron chi connectivity index (χ0n) is 23.0. The number of hydrogen-bond donors (Lipinski definition) is 3. The predicted molar refractivity (Wildman–Crippen MR) is 172 cm³/mol. The lowest BCUT2D eigenvalue weighted by Crippen LogP contribution is -2.30. The molecule has 0 spiro atoms. The zero-order chi connectivity index (χ0) is 29.5. The van der Waals surface area contributed by atoms with Crippen molar-refractivity contribution in [1.82, 2.24) is 10.3 Å². The van der Waals surface area contributed by atoms with Gasteiger partial charge in [0, 0.05) is 16.1 Å². The minimum Gasteiger partial charge on any atom is -0.321 e. The van der Waals surface area contributed by atoms with E-state index in [1.807, 2.05) is 80.6 Å². The Morgan fingerprint density at radius 1 is 0.857 bits per heavy atom. The fourth-order valence-electron chi connectivity index (χ4n) is 4.01. The molecule has 7 nitrogen and oxygen atoms in total. The molecule has 1 heterocycles. The number of hydrogen-bond acceptors (Lipinski definition) is 6. The number of aryl methyl sites for hydroxylation is 1. The Kier molecular flexibility index (Phi) is 9.11. The molecular formula is C33H28N4O3S2. The van der Waals surface area contributed by atoms with Crippen molar-refractivity contribution in [2.45, 2.75) is 24.0 Å². The Morgan fingerprint density at radius 3 is 2.36 bits per heavy atom. The van der Waals surface area contributed by atoms with E-state index in [1.165, 1.54) is 23.1 Å². The molecular weight excluding hydrogens is 565 g/mol. The molecule has 3 amide bonds. The van der Waals surface area contributed by atoms with Crippen LogP contribution in [0.15, 0.2) is 114 Å². The third kappa shape index (κ3) is 7.51. The summed E-state index contributed by atoms with van der Waals surface area (Å²) in [4.78, 5) is 44.5. The molecule has 0 radical (unpaired) electrons. The maximum absolute atomic E-state index is 13.4. The Morgan fingerprint density at radius 2 is 1.60 bits per heavy atom. The second kappa shape index (κ2) is 13.3. The monoisotopic (exact) mass is 592 g/mol. The van der Waals surface area contributed by atoms with Crippen LogP contribution in [0.1, 0.15) is 28.4 Å². The van der Waals surface area contributed by atoms with Gasteiger partial charge < -0.3 is 16.0 Å². The normalized spacial score (nSPS) is 12.0. The van der Waals surface area contributed by atoms with Crippen molar-refractivity contribution >= 4 is 67.9 Å². The molecule has 0 bridgehead atoms. The van der Waals surface area contributed by atoms with Crippen LogP contribution in [0, 0.1) is 6.92 Å². The third-order valence-electron chi connectivity index (χ3n) is 6.22. The van der Waals surface area contributed by atoms with Crippen LogP contribution < -0.4 is 16.0 Å². The van der Waals surface area contributed by atoms with Crippen molar-refractivity contribution in [3.63, 3.8) is 0 Å². The van der Waals surface area contributed by atoms with E-state index in [-0.39, 0.29) is 17.5 Å². The number of fused-ring (bicyclic) bond motifs is 1. The molecule has 42 heavy (non-hydrogen) atoms. The van der Waals surface area contributed by atoms with E-state index in [9.17, 15) is 14.4 Å². The number of nitrogens with zero attached hydrogens (tertiary/aromatic N) is 1. The maximum atomic E-state index is 13.4. The number of nitrogens with one attached hydrogen (secondary N) is 3. The van der Waals surface area contributed by atoms with Gasteiger partial charge in [0.25, 0.3) is 11.8 Å². The molecule has 0 aliphatic heterocycles. The van der Waals surface area contributed by atoms with Crippen LogP contribution >= 0.6 is 23.1 Å². The van der Waals surface area contributed by atoms with Gasteiger partial charge in [-0.2, -0.15) is 0 Å². The number of amides is 3. The summed E-state index contributed by atoms with van der Waals surface area (Å²) in [5.74, 6) is -1.02. The smallest absolute Gasteiger partial charge is 0.272 e. The summed E-state index contributed by atoms with van der Waals surface area (Å²) in [6, 6.07) is 31.3. The molecule has 1 aromatic heterocycles. The van der Waals surface area contributed by atoms with E-state index in [0.717, 1.165) is 26.2 Å². The van der Waals surface area contributed by atoms with Gasteiger partial charge in [-0.05, 0) is 68.0 Å². The molecule has 5 aromatic rings. The highest BCUT2D eigenvalue weighted by Gasteiger charge is 2.18. The molecule has 210 valence electrons. The fourth-order valence-corrected chi connectivity index (χ4v) is 5.80. The van der Waals surface area contributed by atoms with Gasteiger partial charge in [0.1, 0.15) is 5.70 Å². The highest BCUT2D eigenvalue weighted by molar-refractivity contribution is 8.00. The quantitative estimate of drug-likeness (QED) is 0.125. The number of thiazole rings is 1. The lowest BCUT2D eigenvalue weighted by molar-refractivity contribution is -0.115. The highest BCUT2D eigenvalue weighted by atomic mass is 32.2. The largest absolute Gasteiger partial charge is 0.321 e. The van der Waals surface area contributed by atoms with Crippen molar-refractivity contribution in [2.24, 2.45) is 0 Å². The van der Waals surface area contributed by atoms with Gasteiger partial charge in [-0.15, -0.1) is 11.8 Å². The van der Waals surface area contributed by atoms with Crippen LogP contribution in [-0.2, 0) is 9.59 Å². The van der Waals surface area contributed by atoms with Gasteiger partial charge in [-0.3, -0.25) is 14.4 Å². The summed E-state index contributed by atoms with van der Waals surface area (Å²) in [5, 5.41) is 8.69. The topological polar surface area (TPSA) is 100 Å². The summed E-state index contributed by atoms with van der Waals surface area (Å²) in [6.07, 6.45) is 1.64. The number of rotatable bonds is 9. The first kappa shape index (κ1) is 28.8. The Balaban J connectivity index is 1.28. The number of anilines is 2. The maximum Gasteiger partial charge on any atom is 0.272 e. The lowest BCUT2D eigenvalue weighted by Gasteiger charge is -2.13. The molecule has 0 saturated heterocycles. The van der Waals surface area contributed by atoms with Crippen LogP contribution in [0.25, 0.3) is 16.3 Å². The van der Waals surface area contributed by atoms with E-state index in [4.69, 9.17) is 0 Å². The standard InChI is InChI=1S/C33H28N4O3S2/c1-21-15-17-23(18-16-21)19-28(35-31(39)24-9-4-3-5-10-24)32(40)34-25-11-8-12-26(20-25)41-22(2)30(38)37-33-36-27-13-6-7-14-29(27)42-33/h3-20,22H,1-2H3,(H,34,40)(H,35,39)(H,36,37,38)/b28-19-. The molecule has 0 aliphatic rings. The van der Waals surface area contributed by atoms with Crippen molar-refractivity contribution in [1.29, 1.82) is 0 Å². The summed E-state index contributed by atoms with van der Waals surface area (Å²) in [6.45, 7) is 3.80. The molecule has 0 fully saturated rings. The van der Waals surface area contributed by atoms with Gasteiger partial charge in [-0.25, -0.2) is 4.98 Å². The SMILES string of the molecule is Cc1ccc(/C=C(\NC(=O)c2ccccc2)C(=O)Nc2cccc(SC(C)C(=O)Nc3nc4ccccc4s3)c2)cc1. The van der Waals surface area contributed by atoms with Gasteiger partial charge in [0.05, 0.1) is 15.5 Å². The van der Waals surface area contributed by atoms with Crippen LogP contribution in [-0.4, -0.2) is 28.0 Å². The summed E-state index contributed by atoms with van der Waals surface area (Å²) >= 11 is 2.80. The van der Waals surface area contributed by atoms with Crippen molar-refractivity contribution in [2.75, 3.05) is 10.6 Å². The molecule has 1 atom stereocenters. The number of para-hydroxylation sites is 1. The Bertz CT molecular complexity index is 1730. The predicted octanol–water partition coefficient (Wildman–Crippen LogP) is 7.13. The van der Waals surface area contributed by atoms with E-state index in [0.29, 0.717) is 16.4 Å². The minimum atomic E-state index is -0.469. The molecule has 3 N–H and O–H groups in total. The first-order valence-corrected chi connectivity index (χ1v) is 14.9. The molecule has 5 rings (SSSR count). The highest BCUT2D eigenvalue weighted by Crippen LogP contribution is 2.29. The molecule has 0 aliphatic carbocycles. The Hall–Kier alpha value is -4.73. The summed E-state index contributed by atoms with van der Waals surface area (Å²) < 4.78 is 1.01. The fraction of sp³-hybridized carbons (Fsp3) is 0.0909. The number of carbonyl (C=O) groups is 3. The van der Waals surface area contributed by atoms with Crippen LogP contribution in [0.3, 0.4) is 0 Å². The molecule has 9 heteroatoms. The Labute approximate surface area is 252 Å². The van der Waals surface area contributed by atoms with Crippen molar-refractivity contribution in [3.05, 3.63) is 126 Å². The van der Waals surface area contributed by atoms with Crippen LogP contribution in [0.5, 0.6) is 0 Å². The van der Waals surface area contributed by atoms with Gasteiger partial charge in [0.15, 0.2) is 5.13 Å². The van der Waals surface area contributed by atoms with Gasteiger partial charge in [-0.1, -0.05) is 77.6 Å². The van der Waals surface area contributed by atoms with Gasteiger partial charge >= 0.3 is 0 Å².